The molecule has 0 radical (unpaired) electrons. The highest BCUT2D eigenvalue weighted by Crippen LogP contribution is 2.27. The maximum absolute atomic E-state index is 12.5. The van der Waals surface area contributed by atoms with E-state index in [0.717, 1.165) is 61.6 Å². The summed E-state index contributed by atoms with van der Waals surface area (Å²) in [5, 5.41) is 1.11. The van der Waals surface area contributed by atoms with Crippen LogP contribution in [0, 0.1) is 0 Å². The Morgan fingerprint density at radius 1 is 1.03 bits per heavy atom. The first-order valence-electron chi connectivity index (χ1n) is 10.9. The number of hydrogen-bond acceptors (Lipinski definition) is 5. The minimum atomic E-state index is 0.138. The number of amides is 2. The lowest BCUT2D eigenvalue weighted by molar-refractivity contribution is -0.133. The highest BCUT2D eigenvalue weighted by atomic mass is 16.5. The average Bonchev–Trinajstić information content (AvgIpc) is 3.13. The highest BCUT2D eigenvalue weighted by Gasteiger charge is 2.24. The Morgan fingerprint density at radius 3 is 2.53 bits per heavy atom. The van der Waals surface area contributed by atoms with Gasteiger partial charge in [-0.25, -0.2) is 4.98 Å². The van der Waals surface area contributed by atoms with Gasteiger partial charge in [0.05, 0.1) is 31.5 Å². The van der Waals surface area contributed by atoms with E-state index in [1.165, 1.54) is 0 Å². The lowest BCUT2D eigenvalue weighted by Crippen LogP contribution is -2.48. The molecule has 0 aromatic carbocycles. The van der Waals surface area contributed by atoms with Gasteiger partial charge >= 0.3 is 0 Å². The molecule has 30 heavy (non-hydrogen) atoms. The van der Waals surface area contributed by atoms with Crippen LogP contribution >= 0.6 is 0 Å². The van der Waals surface area contributed by atoms with Gasteiger partial charge in [-0.05, 0) is 18.6 Å². The van der Waals surface area contributed by atoms with Crippen molar-refractivity contribution in [2.24, 2.45) is 0 Å². The van der Waals surface area contributed by atoms with E-state index in [9.17, 15) is 9.59 Å². The largest absolute Gasteiger partial charge is 0.381 e. The summed E-state index contributed by atoms with van der Waals surface area (Å²) in [5.41, 5.74) is 3.20. The van der Waals surface area contributed by atoms with E-state index in [2.05, 4.69) is 28.5 Å². The van der Waals surface area contributed by atoms with Crippen molar-refractivity contribution < 1.29 is 14.3 Å². The average molecular weight is 414 g/mol. The van der Waals surface area contributed by atoms with E-state index in [4.69, 9.17) is 9.72 Å². The van der Waals surface area contributed by atoms with Crippen molar-refractivity contribution in [2.45, 2.75) is 39.8 Å². The van der Waals surface area contributed by atoms with Crippen LogP contribution in [-0.2, 0) is 27.4 Å². The van der Waals surface area contributed by atoms with Crippen LogP contribution in [0.5, 0.6) is 0 Å². The van der Waals surface area contributed by atoms with Gasteiger partial charge in [0.1, 0.15) is 5.65 Å². The Kier molecular flexibility index (Phi) is 6.22. The molecule has 2 aliphatic heterocycles. The van der Waals surface area contributed by atoms with E-state index < -0.39 is 0 Å². The third kappa shape index (κ3) is 4.28. The maximum Gasteiger partial charge on any atom is 0.225 e. The first-order chi connectivity index (χ1) is 14.6. The number of carbonyl (C=O) groups is 2. The summed E-state index contributed by atoms with van der Waals surface area (Å²) < 4.78 is 7.69. The van der Waals surface area contributed by atoms with Crippen LogP contribution in [0.25, 0.3) is 11.0 Å². The third-order valence-corrected chi connectivity index (χ3v) is 6.00. The van der Waals surface area contributed by atoms with Crippen LogP contribution in [-0.4, -0.2) is 77.1 Å². The van der Waals surface area contributed by atoms with Gasteiger partial charge in [-0.15, -0.1) is 0 Å². The molecule has 0 atom stereocenters. The SMILES string of the molecule is CCCOCCC(=O)N1CCn2c(cc3cc(N4CCN(C(C)=O)CC4)cnc32)C1. The summed E-state index contributed by atoms with van der Waals surface area (Å²) in [7, 11) is 0. The van der Waals surface area contributed by atoms with Gasteiger partial charge in [-0.1, -0.05) is 6.92 Å². The normalized spacial score (nSPS) is 16.8. The summed E-state index contributed by atoms with van der Waals surface area (Å²) in [4.78, 5) is 34.9. The Labute approximate surface area is 177 Å². The van der Waals surface area contributed by atoms with Crippen LogP contribution in [0.4, 0.5) is 5.69 Å². The summed E-state index contributed by atoms with van der Waals surface area (Å²) in [5.74, 6) is 0.291. The number of fused-ring (bicyclic) bond motifs is 3. The fourth-order valence-electron chi connectivity index (χ4n) is 4.29. The molecule has 4 rings (SSSR count). The molecule has 0 unspecified atom stereocenters. The monoisotopic (exact) mass is 413 g/mol. The summed E-state index contributed by atoms with van der Waals surface area (Å²) in [6.45, 7) is 10.1. The maximum atomic E-state index is 12.5. The second-order valence-corrected chi connectivity index (χ2v) is 8.06. The minimum Gasteiger partial charge on any atom is -0.381 e. The molecule has 0 spiro atoms. The first-order valence-corrected chi connectivity index (χ1v) is 10.9. The lowest BCUT2D eigenvalue weighted by atomic mass is 10.2. The van der Waals surface area contributed by atoms with Gasteiger partial charge in [0, 0.05) is 63.9 Å². The van der Waals surface area contributed by atoms with Crippen molar-refractivity contribution in [3.63, 3.8) is 0 Å². The number of ether oxygens (including phenoxy) is 1. The second-order valence-electron chi connectivity index (χ2n) is 8.06. The molecule has 0 saturated carbocycles. The van der Waals surface area contributed by atoms with E-state index in [0.29, 0.717) is 32.7 Å². The molecule has 162 valence electrons. The zero-order valence-electron chi connectivity index (χ0n) is 18.0. The van der Waals surface area contributed by atoms with Crippen molar-refractivity contribution in [2.75, 3.05) is 50.8 Å². The van der Waals surface area contributed by atoms with E-state index in [-0.39, 0.29) is 11.8 Å². The van der Waals surface area contributed by atoms with Crippen LogP contribution < -0.4 is 4.90 Å². The van der Waals surface area contributed by atoms with Gasteiger partial charge in [0.15, 0.2) is 0 Å². The number of hydrogen-bond donors (Lipinski definition) is 0. The summed E-state index contributed by atoms with van der Waals surface area (Å²) in [6, 6.07) is 4.34. The number of rotatable bonds is 6. The molecule has 4 heterocycles. The summed E-state index contributed by atoms with van der Waals surface area (Å²) >= 11 is 0. The van der Waals surface area contributed by atoms with E-state index >= 15 is 0 Å². The fourth-order valence-corrected chi connectivity index (χ4v) is 4.29. The van der Waals surface area contributed by atoms with Crippen molar-refractivity contribution in [3.8, 4) is 0 Å². The molecule has 0 aliphatic carbocycles. The number of nitrogens with zero attached hydrogens (tertiary/aromatic N) is 5. The predicted molar refractivity (Wildman–Crippen MR) is 115 cm³/mol. The Morgan fingerprint density at radius 2 is 1.80 bits per heavy atom. The highest BCUT2D eigenvalue weighted by molar-refractivity contribution is 5.82. The lowest BCUT2D eigenvalue weighted by Gasteiger charge is -2.35. The number of anilines is 1. The molecule has 2 aromatic rings. The molecule has 0 N–H and O–H groups in total. The second kappa shape index (κ2) is 9.04. The molecular weight excluding hydrogens is 382 g/mol. The third-order valence-electron chi connectivity index (χ3n) is 6.00. The van der Waals surface area contributed by atoms with Crippen LogP contribution in [0.3, 0.4) is 0 Å². The van der Waals surface area contributed by atoms with Crippen molar-refractivity contribution in [3.05, 3.63) is 24.0 Å². The molecular formula is C22H31N5O3. The molecule has 0 bridgehead atoms. The first kappa shape index (κ1) is 20.7. The molecule has 8 heteroatoms. The van der Waals surface area contributed by atoms with Crippen molar-refractivity contribution in [1.29, 1.82) is 0 Å². The Bertz CT molecular complexity index is 917. The number of piperazine rings is 1. The zero-order valence-corrected chi connectivity index (χ0v) is 18.0. The topological polar surface area (TPSA) is 70.9 Å². The van der Waals surface area contributed by atoms with Crippen molar-refractivity contribution in [1.82, 2.24) is 19.4 Å². The van der Waals surface area contributed by atoms with Gasteiger partial charge in [-0.3, -0.25) is 9.59 Å². The quantitative estimate of drug-likeness (QED) is 0.676. The number of pyridine rings is 1. The fraction of sp³-hybridized carbons (Fsp3) is 0.591. The molecule has 2 aliphatic rings. The smallest absolute Gasteiger partial charge is 0.225 e. The van der Waals surface area contributed by atoms with Gasteiger partial charge < -0.3 is 24.0 Å². The Hall–Kier alpha value is -2.61. The number of aromatic nitrogens is 2. The molecule has 2 amide bonds. The number of carbonyl (C=O) groups excluding carboxylic acids is 2. The minimum absolute atomic E-state index is 0.138. The Balaban J connectivity index is 1.43. The van der Waals surface area contributed by atoms with E-state index in [1.807, 2.05) is 16.0 Å². The zero-order chi connectivity index (χ0) is 21.1. The molecule has 1 fully saturated rings. The summed E-state index contributed by atoms with van der Waals surface area (Å²) in [6.07, 6.45) is 3.34. The standard InChI is InChI=1S/C22H31N5O3/c1-3-11-30-12-4-21(29)26-9-10-27-20(16-26)14-18-13-19(15-23-22(18)27)25-7-5-24(6-8-25)17(2)28/h13-15H,3-12,16H2,1-2H3. The van der Waals surface area contributed by atoms with E-state index in [1.54, 1.807) is 6.92 Å². The molecule has 2 aromatic heterocycles. The van der Waals surface area contributed by atoms with Crippen molar-refractivity contribution >= 4 is 28.5 Å². The molecule has 8 nitrogen and oxygen atoms in total. The van der Waals surface area contributed by atoms with Gasteiger partial charge in [0.25, 0.3) is 0 Å². The van der Waals surface area contributed by atoms with Crippen LogP contribution in [0.15, 0.2) is 18.3 Å². The predicted octanol–water partition coefficient (Wildman–Crippen LogP) is 1.86. The van der Waals surface area contributed by atoms with Gasteiger partial charge in [-0.2, -0.15) is 0 Å². The molecule has 1 saturated heterocycles. The van der Waals surface area contributed by atoms with Crippen LogP contribution in [0.2, 0.25) is 0 Å². The van der Waals surface area contributed by atoms with Gasteiger partial charge in [0.2, 0.25) is 11.8 Å². The van der Waals surface area contributed by atoms with Crippen LogP contribution in [0.1, 0.15) is 32.4 Å².